The van der Waals surface area contributed by atoms with Gasteiger partial charge >= 0.3 is 0 Å². The van der Waals surface area contributed by atoms with E-state index in [0.717, 1.165) is 12.1 Å². The lowest BCUT2D eigenvalue weighted by Crippen LogP contribution is -2.35. The van der Waals surface area contributed by atoms with Gasteiger partial charge in [0.25, 0.3) is 0 Å². The van der Waals surface area contributed by atoms with Gasteiger partial charge in [-0.25, -0.2) is 0 Å². The molecule has 1 fully saturated rings. The fourth-order valence-corrected chi connectivity index (χ4v) is 2.87. The van der Waals surface area contributed by atoms with E-state index in [2.05, 4.69) is 0 Å². The molecule has 23 heavy (non-hydrogen) atoms. The third-order valence-electron chi connectivity index (χ3n) is 4.09. The van der Waals surface area contributed by atoms with E-state index in [0.29, 0.717) is 24.6 Å². The normalized spacial score (nSPS) is 17.3. The van der Waals surface area contributed by atoms with Crippen LogP contribution in [0.25, 0.3) is 0 Å². The molecule has 0 bridgehead atoms. The Labute approximate surface area is 137 Å². The second kappa shape index (κ2) is 7.35. The van der Waals surface area contributed by atoms with Crippen LogP contribution in [0.15, 0.2) is 18.2 Å². The standard InChI is InChI=1S/C17H24N2O4/c1-5-8-18(2)17(21)12-9-16(20)19(11-12)13-6-7-14(22-3)15(10-13)23-4/h6-7,10,12H,5,8-9,11H2,1-4H3/t12-/m0/s1. The zero-order valence-corrected chi connectivity index (χ0v) is 14.2. The van der Waals surface area contributed by atoms with Crippen LogP contribution in [0.3, 0.4) is 0 Å². The van der Waals surface area contributed by atoms with Crippen LogP contribution in [-0.4, -0.2) is 51.1 Å². The first-order valence-corrected chi connectivity index (χ1v) is 7.79. The molecule has 126 valence electrons. The molecule has 0 aromatic heterocycles. The molecular weight excluding hydrogens is 296 g/mol. The molecule has 0 radical (unpaired) electrons. The zero-order chi connectivity index (χ0) is 17.0. The van der Waals surface area contributed by atoms with Crippen LogP contribution in [0.4, 0.5) is 5.69 Å². The van der Waals surface area contributed by atoms with Crippen molar-refractivity contribution in [2.75, 3.05) is 39.3 Å². The van der Waals surface area contributed by atoms with Crippen LogP contribution >= 0.6 is 0 Å². The number of carbonyl (C=O) groups is 2. The van der Waals surface area contributed by atoms with E-state index in [4.69, 9.17) is 9.47 Å². The minimum absolute atomic E-state index is 0.0307. The Morgan fingerprint density at radius 1 is 1.30 bits per heavy atom. The first-order valence-electron chi connectivity index (χ1n) is 7.79. The molecule has 1 aliphatic heterocycles. The summed E-state index contributed by atoms with van der Waals surface area (Å²) in [7, 11) is 4.91. The first kappa shape index (κ1) is 17.1. The van der Waals surface area contributed by atoms with Crippen molar-refractivity contribution < 1.29 is 19.1 Å². The summed E-state index contributed by atoms with van der Waals surface area (Å²) in [4.78, 5) is 28.0. The van der Waals surface area contributed by atoms with Crippen molar-refractivity contribution in [2.24, 2.45) is 5.92 Å². The summed E-state index contributed by atoms with van der Waals surface area (Å²) in [6.45, 7) is 3.14. The highest BCUT2D eigenvalue weighted by molar-refractivity contribution is 6.00. The second-order valence-electron chi connectivity index (χ2n) is 5.70. The van der Waals surface area contributed by atoms with Crippen molar-refractivity contribution in [2.45, 2.75) is 19.8 Å². The van der Waals surface area contributed by atoms with Gasteiger partial charge in [-0.2, -0.15) is 0 Å². The molecule has 1 heterocycles. The van der Waals surface area contributed by atoms with Crippen LogP contribution in [0, 0.1) is 5.92 Å². The monoisotopic (exact) mass is 320 g/mol. The van der Waals surface area contributed by atoms with Gasteiger partial charge in [-0.3, -0.25) is 9.59 Å². The van der Waals surface area contributed by atoms with Gasteiger partial charge in [0.15, 0.2) is 11.5 Å². The molecular formula is C17H24N2O4. The van der Waals surface area contributed by atoms with Gasteiger partial charge in [0, 0.05) is 38.3 Å². The van der Waals surface area contributed by atoms with Crippen molar-refractivity contribution >= 4 is 17.5 Å². The number of anilines is 1. The summed E-state index contributed by atoms with van der Waals surface area (Å²) in [5.74, 6) is 0.879. The molecule has 2 amide bonds. The summed E-state index contributed by atoms with van der Waals surface area (Å²) in [5, 5.41) is 0. The van der Waals surface area contributed by atoms with Crippen LogP contribution in [0.5, 0.6) is 11.5 Å². The maximum Gasteiger partial charge on any atom is 0.227 e. The molecule has 6 nitrogen and oxygen atoms in total. The van der Waals surface area contributed by atoms with Gasteiger partial charge in [-0.1, -0.05) is 6.92 Å². The van der Waals surface area contributed by atoms with E-state index in [1.165, 1.54) is 0 Å². The van der Waals surface area contributed by atoms with E-state index >= 15 is 0 Å². The van der Waals surface area contributed by atoms with Crippen LogP contribution < -0.4 is 14.4 Å². The van der Waals surface area contributed by atoms with Gasteiger partial charge < -0.3 is 19.3 Å². The lowest BCUT2D eigenvalue weighted by molar-refractivity contribution is -0.134. The zero-order valence-electron chi connectivity index (χ0n) is 14.2. The van der Waals surface area contributed by atoms with E-state index < -0.39 is 0 Å². The Kier molecular flexibility index (Phi) is 5.47. The molecule has 0 saturated carbocycles. The van der Waals surface area contributed by atoms with E-state index in [1.54, 1.807) is 43.2 Å². The van der Waals surface area contributed by atoms with Crippen molar-refractivity contribution in [1.29, 1.82) is 0 Å². The molecule has 6 heteroatoms. The number of benzene rings is 1. The number of hydrogen-bond acceptors (Lipinski definition) is 4. The van der Waals surface area contributed by atoms with Crippen molar-refractivity contribution in [3.63, 3.8) is 0 Å². The van der Waals surface area contributed by atoms with E-state index in [-0.39, 0.29) is 24.2 Å². The molecule has 0 aliphatic carbocycles. The Bertz CT molecular complexity index is 588. The minimum atomic E-state index is -0.285. The number of carbonyl (C=O) groups excluding carboxylic acids is 2. The minimum Gasteiger partial charge on any atom is -0.493 e. The fourth-order valence-electron chi connectivity index (χ4n) is 2.87. The Morgan fingerprint density at radius 2 is 2.00 bits per heavy atom. The average molecular weight is 320 g/mol. The average Bonchev–Trinajstić information content (AvgIpc) is 2.95. The Balaban J connectivity index is 2.16. The van der Waals surface area contributed by atoms with E-state index in [1.807, 2.05) is 13.0 Å². The molecule has 0 unspecified atom stereocenters. The molecule has 0 spiro atoms. The summed E-state index contributed by atoms with van der Waals surface area (Å²) >= 11 is 0. The summed E-state index contributed by atoms with van der Waals surface area (Å²) in [6.07, 6.45) is 1.16. The molecule has 1 aliphatic rings. The Hall–Kier alpha value is -2.24. The molecule has 2 rings (SSSR count). The molecule has 1 aromatic carbocycles. The predicted molar refractivity (Wildman–Crippen MR) is 87.9 cm³/mol. The van der Waals surface area contributed by atoms with Crippen molar-refractivity contribution in [3.8, 4) is 11.5 Å². The third-order valence-corrected chi connectivity index (χ3v) is 4.09. The topological polar surface area (TPSA) is 59.1 Å². The summed E-state index contributed by atoms with van der Waals surface area (Å²) in [5.41, 5.74) is 0.723. The van der Waals surface area contributed by atoms with Gasteiger partial charge in [-0.05, 0) is 18.6 Å². The highest BCUT2D eigenvalue weighted by atomic mass is 16.5. The number of nitrogens with zero attached hydrogens (tertiary/aromatic N) is 2. The quantitative estimate of drug-likeness (QED) is 0.803. The molecule has 1 aromatic rings. The fraction of sp³-hybridized carbons (Fsp3) is 0.529. The number of rotatable bonds is 6. The van der Waals surface area contributed by atoms with Crippen LogP contribution in [0.2, 0.25) is 0 Å². The summed E-state index contributed by atoms with van der Waals surface area (Å²) < 4.78 is 10.5. The lowest BCUT2D eigenvalue weighted by atomic mass is 10.1. The number of methoxy groups -OCH3 is 2. The first-order chi connectivity index (χ1) is 11.0. The van der Waals surface area contributed by atoms with E-state index in [9.17, 15) is 9.59 Å². The lowest BCUT2D eigenvalue weighted by Gasteiger charge is -2.21. The summed E-state index contributed by atoms with van der Waals surface area (Å²) in [6, 6.07) is 5.33. The van der Waals surface area contributed by atoms with Crippen LogP contribution in [-0.2, 0) is 9.59 Å². The Morgan fingerprint density at radius 3 is 2.61 bits per heavy atom. The predicted octanol–water partition coefficient (Wildman–Crippen LogP) is 1.93. The van der Waals surface area contributed by atoms with Crippen molar-refractivity contribution in [3.05, 3.63) is 18.2 Å². The van der Waals surface area contributed by atoms with Gasteiger partial charge in [0.1, 0.15) is 0 Å². The largest absolute Gasteiger partial charge is 0.493 e. The molecule has 0 N–H and O–H groups in total. The van der Waals surface area contributed by atoms with Gasteiger partial charge in [-0.15, -0.1) is 0 Å². The number of ether oxygens (including phenoxy) is 2. The maximum atomic E-state index is 12.4. The SMILES string of the molecule is CCCN(C)C(=O)[C@H]1CC(=O)N(c2ccc(OC)c(OC)c2)C1. The van der Waals surface area contributed by atoms with Crippen LogP contribution in [0.1, 0.15) is 19.8 Å². The smallest absolute Gasteiger partial charge is 0.227 e. The van der Waals surface area contributed by atoms with Crippen molar-refractivity contribution in [1.82, 2.24) is 4.90 Å². The number of amides is 2. The second-order valence-corrected chi connectivity index (χ2v) is 5.70. The third kappa shape index (κ3) is 3.57. The number of hydrogen-bond donors (Lipinski definition) is 0. The van der Waals surface area contributed by atoms with Gasteiger partial charge in [0.05, 0.1) is 20.1 Å². The maximum absolute atomic E-state index is 12.4. The highest BCUT2D eigenvalue weighted by Gasteiger charge is 2.36. The van der Waals surface area contributed by atoms with Gasteiger partial charge in [0.2, 0.25) is 11.8 Å². The molecule has 1 atom stereocenters. The molecule has 1 saturated heterocycles. The highest BCUT2D eigenvalue weighted by Crippen LogP contribution is 2.34.